The zero-order chi connectivity index (χ0) is 14.9. The lowest BCUT2D eigenvalue weighted by atomic mass is 9.97. The van der Waals surface area contributed by atoms with Crippen LogP contribution in [-0.2, 0) is 0 Å². The van der Waals surface area contributed by atoms with Crippen molar-refractivity contribution in [1.82, 2.24) is 0 Å². The molecule has 19 heavy (non-hydrogen) atoms. The molecule has 0 bridgehead atoms. The minimum Gasteiger partial charge on any atom is -0.266 e. The number of unbranched alkanes of at least 4 members (excludes halogenated alkanes) is 3. The van der Waals surface area contributed by atoms with E-state index in [9.17, 15) is 8.78 Å². The number of halogens is 2. The van der Waals surface area contributed by atoms with Crippen LogP contribution < -0.4 is 0 Å². The zero-order valence-corrected chi connectivity index (χ0v) is 12.9. The van der Waals surface area contributed by atoms with Gasteiger partial charge in [0.05, 0.1) is 5.70 Å². The second-order valence-electron chi connectivity index (χ2n) is 5.92. The molecule has 0 aliphatic carbocycles. The van der Waals surface area contributed by atoms with Gasteiger partial charge in [-0.25, -0.2) is 8.78 Å². The van der Waals surface area contributed by atoms with Gasteiger partial charge in [0.15, 0.2) is 0 Å². The van der Waals surface area contributed by atoms with Gasteiger partial charge in [-0.3, -0.25) is 4.99 Å². The van der Waals surface area contributed by atoms with Crippen LogP contribution in [0.3, 0.4) is 0 Å². The maximum atomic E-state index is 14.2. The molecule has 3 heteroatoms. The molecule has 1 nitrogen and oxygen atoms in total. The van der Waals surface area contributed by atoms with Crippen molar-refractivity contribution in [3.63, 3.8) is 0 Å². The molecule has 0 aromatic carbocycles. The van der Waals surface area contributed by atoms with Crippen molar-refractivity contribution in [2.45, 2.75) is 78.3 Å². The second-order valence-corrected chi connectivity index (χ2v) is 5.92. The highest BCUT2D eigenvalue weighted by Gasteiger charge is 2.19. The van der Waals surface area contributed by atoms with Crippen LogP contribution in [0.15, 0.2) is 16.5 Å². The normalized spacial score (nSPS) is 15.1. The van der Waals surface area contributed by atoms with Gasteiger partial charge in [0.25, 0.3) is 0 Å². The molecule has 0 spiro atoms. The molecule has 0 amide bonds. The maximum absolute atomic E-state index is 14.2. The van der Waals surface area contributed by atoms with Crippen LogP contribution in [-0.4, -0.2) is 12.4 Å². The van der Waals surface area contributed by atoms with Gasteiger partial charge in [0.2, 0.25) is 0 Å². The standard InChI is InChI=1S/C16H29F2N/c1-6-7-8-9-10-13(2)15(17)14(19-5)11-12-16(3,4)18/h13H,5-12H2,1-4H3/b15-14+. The molecule has 0 heterocycles. The number of alkyl halides is 1. The van der Waals surface area contributed by atoms with E-state index in [0.717, 1.165) is 19.3 Å². The summed E-state index contributed by atoms with van der Waals surface area (Å²) in [5.41, 5.74) is -0.964. The molecule has 0 saturated carbocycles. The molecular weight excluding hydrogens is 244 g/mol. The first-order valence-electron chi connectivity index (χ1n) is 7.36. The van der Waals surface area contributed by atoms with E-state index in [0.29, 0.717) is 12.1 Å². The third-order valence-electron chi connectivity index (χ3n) is 3.35. The van der Waals surface area contributed by atoms with Crippen molar-refractivity contribution < 1.29 is 8.78 Å². The number of nitrogens with zero attached hydrogens (tertiary/aromatic N) is 1. The molecule has 112 valence electrons. The van der Waals surface area contributed by atoms with Crippen LogP contribution in [0.1, 0.15) is 72.6 Å². The summed E-state index contributed by atoms with van der Waals surface area (Å²) >= 11 is 0. The smallest absolute Gasteiger partial charge is 0.124 e. The molecule has 0 fully saturated rings. The molecule has 1 unspecified atom stereocenters. The molecule has 0 radical (unpaired) electrons. The Morgan fingerprint density at radius 1 is 1.26 bits per heavy atom. The minimum atomic E-state index is -1.29. The van der Waals surface area contributed by atoms with Crippen molar-refractivity contribution in [3.05, 3.63) is 11.5 Å². The summed E-state index contributed by atoms with van der Waals surface area (Å²) in [4.78, 5) is 3.74. The number of aliphatic imine (C=N–C) groups is 1. The highest BCUT2D eigenvalue weighted by Crippen LogP contribution is 2.28. The minimum absolute atomic E-state index is 0.139. The number of hydrogen-bond donors (Lipinski definition) is 0. The third-order valence-corrected chi connectivity index (χ3v) is 3.35. The van der Waals surface area contributed by atoms with Gasteiger partial charge in [-0.15, -0.1) is 0 Å². The van der Waals surface area contributed by atoms with Crippen LogP contribution in [0.5, 0.6) is 0 Å². The molecule has 0 saturated heterocycles. The lowest BCUT2D eigenvalue weighted by Gasteiger charge is -2.16. The Labute approximate surface area is 117 Å². The first kappa shape index (κ1) is 18.3. The fraction of sp³-hybridized carbons (Fsp3) is 0.812. The van der Waals surface area contributed by atoms with E-state index in [-0.39, 0.29) is 18.2 Å². The lowest BCUT2D eigenvalue weighted by molar-refractivity contribution is 0.201. The van der Waals surface area contributed by atoms with Gasteiger partial charge >= 0.3 is 0 Å². The highest BCUT2D eigenvalue weighted by molar-refractivity contribution is 5.30. The van der Waals surface area contributed by atoms with Crippen molar-refractivity contribution in [2.24, 2.45) is 10.9 Å². The summed E-state index contributed by atoms with van der Waals surface area (Å²) in [6.45, 7) is 10.4. The number of rotatable bonds is 10. The summed E-state index contributed by atoms with van der Waals surface area (Å²) in [6.07, 6.45) is 5.96. The molecule has 0 aliphatic heterocycles. The SMILES string of the molecule is C=N/C(CCC(C)(C)F)=C(/F)C(C)CCCCCC. The van der Waals surface area contributed by atoms with Gasteiger partial charge in [-0.05, 0) is 39.8 Å². The van der Waals surface area contributed by atoms with Crippen LogP contribution in [0.4, 0.5) is 8.78 Å². The fourth-order valence-electron chi connectivity index (χ4n) is 1.98. The first-order chi connectivity index (χ1) is 8.81. The predicted molar refractivity (Wildman–Crippen MR) is 80.0 cm³/mol. The van der Waals surface area contributed by atoms with Crippen LogP contribution in [0.25, 0.3) is 0 Å². The van der Waals surface area contributed by atoms with E-state index in [1.54, 1.807) is 0 Å². The summed E-state index contributed by atoms with van der Waals surface area (Å²) < 4.78 is 27.6. The van der Waals surface area contributed by atoms with Crippen molar-refractivity contribution in [2.75, 3.05) is 0 Å². The van der Waals surface area contributed by atoms with Crippen LogP contribution in [0.2, 0.25) is 0 Å². The largest absolute Gasteiger partial charge is 0.266 e. The van der Waals surface area contributed by atoms with E-state index in [1.807, 2.05) is 6.92 Å². The Hall–Kier alpha value is -0.730. The van der Waals surface area contributed by atoms with Crippen molar-refractivity contribution in [3.8, 4) is 0 Å². The monoisotopic (exact) mass is 273 g/mol. The zero-order valence-electron chi connectivity index (χ0n) is 12.9. The topological polar surface area (TPSA) is 12.4 Å². The van der Waals surface area contributed by atoms with Crippen LogP contribution >= 0.6 is 0 Å². The Bertz CT molecular complexity index is 290. The van der Waals surface area contributed by atoms with Gasteiger partial charge in [-0.1, -0.05) is 39.5 Å². The van der Waals surface area contributed by atoms with Crippen molar-refractivity contribution in [1.29, 1.82) is 0 Å². The van der Waals surface area contributed by atoms with Crippen molar-refractivity contribution >= 4 is 6.72 Å². The lowest BCUT2D eigenvalue weighted by Crippen LogP contribution is -2.12. The highest BCUT2D eigenvalue weighted by atomic mass is 19.1. The quantitative estimate of drug-likeness (QED) is 0.342. The second kappa shape index (κ2) is 9.22. The Balaban J connectivity index is 4.37. The van der Waals surface area contributed by atoms with E-state index < -0.39 is 5.67 Å². The van der Waals surface area contributed by atoms with Gasteiger partial charge in [0.1, 0.15) is 11.5 Å². The third kappa shape index (κ3) is 8.90. The average molecular weight is 273 g/mol. The predicted octanol–water partition coefficient (Wildman–Crippen LogP) is 6.00. The van der Waals surface area contributed by atoms with Gasteiger partial charge in [-0.2, -0.15) is 0 Å². The summed E-state index contributed by atoms with van der Waals surface area (Å²) in [5.74, 6) is -0.351. The van der Waals surface area contributed by atoms with E-state index >= 15 is 0 Å². The molecule has 0 aliphatic rings. The first-order valence-corrected chi connectivity index (χ1v) is 7.36. The Morgan fingerprint density at radius 3 is 2.37 bits per heavy atom. The molecule has 1 atom stereocenters. The molecule has 0 N–H and O–H groups in total. The maximum Gasteiger partial charge on any atom is 0.124 e. The fourth-order valence-corrected chi connectivity index (χ4v) is 1.98. The van der Waals surface area contributed by atoms with E-state index in [2.05, 4.69) is 18.6 Å². The van der Waals surface area contributed by atoms with Gasteiger partial charge in [0, 0.05) is 5.92 Å². The summed E-state index contributed by atoms with van der Waals surface area (Å²) in [6, 6.07) is 0. The van der Waals surface area contributed by atoms with E-state index in [1.165, 1.54) is 26.7 Å². The van der Waals surface area contributed by atoms with Gasteiger partial charge < -0.3 is 0 Å². The molecule has 0 aromatic heterocycles. The molecule has 0 rings (SSSR count). The summed E-state index contributed by atoms with van der Waals surface area (Å²) in [5, 5.41) is 0. The Morgan fingerprint density at radius 2 is 1.89 bits per heavy atom. The van der Waals surface area contributed by atoms with E-state index in [4.69, 9.17) is 0 Å². The Kier molecular flexibility index (Phi) is 8.86. The number of hydrogen-bond acceptors (Lipinski definition) is 1. The van der Waals surface area contributed by atoms with Crippen LogP contribution in [0, 0.1) is 5.92 Å². The summed E-state index contributed by atoms with van der Waals surface area (Å²) in [7, 11) is 0. The average Bonchev–Trinajstić information content (AvgIpc) is 2.33. The number of allylic oxidation sites excluding steroid dienone is 2. The molecular formula is C16H29F2N. The molecule has 0 aromatic rings.